The first-order valence-corrected chi connectivity index (χ1v) is 10.9. The van der Waals surface area contributed by atoms with E-state index in [2.05, 4.69) is 11.6 Å². The lowest BCUT2D eigenvalue weighted by molar-refractivity contribution is 0.0932. The molecule has 0 amide bonds. The van der Waals surface area contributed by atoms with Crippen LogP contribution in [-0.2, 0) is 10.0 Å². The number of hydrogen-bond acceptors (Lipinski definition) is 5. The normalized spacial score (nSPS) is 20.0. The minimum Gasteiger partial charge on any atom is -0.367 e. The first-order chi connectivity index (χ1) is 12.8. The van der Waals surface area contributed by atoms with Gasteiger partial charge in [0.05, 0.1) is 0 Å². The van der Waals surface area contributed by atoms with Gasteiger partial charge in [-0.2, -0.15) is 0 Å². The summed E-state index contributed by atoms with van der Waals surface area (Å²) < 4.78 is 28.7. The van der Waals surface area contributed by atoms with E-state index in [1.807, 2.05) is 6.92 Å². The molecule has 1 aromatic rings. The van der Waals surface area contributed by atoms with Gasteiger partial charge in [0.2, 0.25) is 21.6 Å². The maximum atomic E-state index is 13.2. The summed E-state index contributed by atoms with van der Waals surface area (Å²) in [6, 6.07) is 6.11. The average molecular weight is 391 g/mol. The predicted octanol–water partition coefficient (Wildman–Crippen LogP) is 2.73. The van der Waals surface area contributed by atoms with Gasteiger partial charge in [-0.3, -0.25) is 9.59 Å². The van der Waals surface area contributed by atoms with Crippen LogP contribution in [0.1, 0.15) is 60.7 Å². The maximum absolute atomic E-state index is 13.2. The molecule has 1 N–H and O–H groups in total. The third-order valence-corrected chi connectivity index (χ3v) is 7.02. The topological polar surface area (TPSA) is 83.6 Å². The zero-order valence-corrected chi connectivity index (χ0v) is 16.8. The molecule has 1 unspecified atom stereocenters. The van der Waals surface area contributed by atoms with Gasteiger partial charge in [0, 0.05) is 30.3 Å². The lowest BCUT2D eigenvalue weighted by Crippen LogP contribution is -2.43. The minimum atomic E-state index is -4.11. The summed E-state index contributed by atoms with van der Waals surface area (Å²) in [5.74, 6) is -0.472. The number of ketones is 2. The van der Waals surface area contributed by atoms with Crippen molar-refractivity contribution >= 4 is 21.6 Å². The monoisotopic (exact) mass is 390 g/mol. The Hall–Kier alpha value is -1.99. The van der Waals surface area contributed by atoms with Crippen LogP contribution in [-0.4, -0.2) is 44.0 Å². The Bertz CT molecular complexity index is 896. The standard InChI is InChI=1S/C20H26N2O4S/c1-4-14(3)21-27(25,26)20-17(22-11-9-13(2)10-12-22)18(23)15-7-5-6-8-16(15)19(20)24/h5-8,13-14,21H,4,9-12H2,1-3H3. The molecule has 1 aliphatic heterocycles. The summed E-state index contributed by atoms with van der Waals surface area (Å²) in [5.41, 5.74) is 0.459. The quantitative estimate of drug-likeness (QED) is 0.836. The molecule has 0 aromatic heterocycles. The Kier molecular flexibility index (Phi) is 5.53. The Morgan fingerprint density at radius 2 is 1.67 bits per heavy atom. The van der Waals surface area contributed by atoms with E-state index in [4.69, 9.17) is 0 Å². The van der Waals surface area contributed by atoms with Crippen molar-refractivity contribution in [3.8, 4) is 0 Å². The number of piperidine rings is 1. The Labute approximate surface area is 160 Å². The van der Waals surface area contributed by atoms with Crippen molar-refractivity contribution in [3.05, 3.63) is 46.0 Å². The van der Waals surface area contributed by atoms with E-state index in [-0.39, 0.29) is 28.6 Å². The summed E-state index contributed by atoms with van der Waals surface area (Å²) in [4.78, 5) is 27.7. The number of fused-ring (bicyclic) bond motifs is 1. The van der Waals surface area contributed by atoms with Crippen molar-refractivity contribution in [1.29, 1.82) is 0 Å². The van der Waals surface area contributed by atoms with Crippen molar-refractivity contribution in [1.82, 2.24) is 9.62 Å². The largest absolute Gasteiger partial charge is 0.367 e. The first kappa shape index (κ1) is 19.8. The molecular weight excluding hydrogens is 364 g/mol. The van der Waals surface area contributed by atoms with Crippen LogP contribution in [0.4, 0.5) is 0 Å². The van der Waals surface area contributed by atoms with Gasteiger partial charge >= 0.3 is 0 Å². The molecule has 2 aliphatic rings. The highest BCUT2D eigenvalue weighted by molar-refractivity contribution is 7.94. The Morgan fingerprint density at radius 3 is 2.22 bits per heavy atom. The van der Waals surface area contributed by atoms with Gasteiger partial charge in [0.1, 0.15) is 5.70 Å². The molecule has 0 bridgehead atoms. The fraction of sp³-hybridized carbons (Fsp3) is 0.500. The third kappa shape index (κ3) is 3.71. The lowest BCUT2D eigenvalue weighted by Gasteiger charge is -2.36. The molecule has 0 spiro atoms. The number of rotatable bonds is 5. The average Bonchev–Trinajstić information content (AvgIpc) is 2.64. The minimum absolute atomic E-state index is 0.0291. The van der Waals surface area contributed by atoms with Gasteiger partial charge in [-0.25, -0.2) is 13.1 Å². The Morgan fingerprint density at radius 1 is 1.11 bits per heavy atom. The summed E-state index contributed by atoms with van der Waals surface area (Å²) in [5, 5.41) is 0. The molecule has 1 saturated heterocycles. The second-order valence-electron chi connectivity index (χ2n) is 7.48. The molecule has 6 nitrogen and oxygen atoms in total. The summed E-state index contributed by atoms with van der Waals surface area (Å²) in [7, 11) is -4.11. The van der Waals surface area contributed by atoms with E-state index in [0.29, 0.717) is 25.4 Å². The summed E-state index contributed by atoms with van der Waals surface area (Å²) in [6.07, 6.45) is 2.30. The maximum Gasteiger partial charge on any atom is 0.246 e. The second kappa shape index (κ2) is 7.56. The molecule has 27 heavy (non-hydrogen) atoms. The summed E-state index contributed by atoms with van der Waals surface area (Å²) >= 11 is 0. The molecule has 1 aliphatic carbocycles. The number of Topliss-reactive ketones (excluding diaryl/α,β-unsaturated/α-hetero) is 2. The summed E-state index contributed by atoms with van der Waals surface area (Å²) in [6.45, 7) is 6.87. The van der Waals surface area contributed by atoms with Crippen molar-refractivity contribution in [3.63, 3.8) is 0 Å². The SMILES string of the molecule is CCC(C)NS(=O)(=O)C1=C(N2CCC(C)CC2)C(=O)c2ccccc2C1=O. The fourth-order valence-electron chi connectivity index (χ4n) is 3.52. The molecule has 1 aromatic carbocycles. The Balaban J connectivity index is 2.16. The highest BCUT2D eigenvalue weighted by atomic mass is 32.2. The number of benzene rings is 1. The predicted molar refractivity (Wildman–Crippen MR) is 104 cm³/mol. The van der Waals surface area contributed by atoms with E-state index >= 15 is 0 Å². The van der Waals surface area contributed by atoms with Gasteiger partial charge < -0.3 is 4.90 Å². The number of allylic oxidation sites excluding steroid dienone is 2. The van der Waals surface area contributed by atoms with Crippen molar-refractivity contribution < 1.29 is 18.0 Å². The second-order valence-corrected chi connectivity index (χ2v) is 9.13. The molecule has 0 radical (unpaired) electrons. The van der Waals surface area contributed by atoms with Crippen molar-refractivity contribution in [2.24, 2.45) is 5.92 Å². The van der Waals surface area contributed by atoms with E-state index in [9.17, 15) is 18.0 Å². The van der Waals surface area contributed by atoms with Gasteiger partial charge in [0.25, 0.3) is 0 Å². The van der Waals surface area contributed by atoms with Crippen molar-refractivity contribution in [2.45, 2.75) is 46.1 Å². The zero-order valence-electron chi connectivity index (χ0n) is 16.0. The zero-order chi connectivity index (χ0) is 19.8. The highest BCUT2D eigenvalue weighted by Gasteiger charge is 2.42. The number of carbonyl (C=O) groups is 2. The van der Waals surface area contributed by atoms with Gasteiger partial charge in [-0.15, -0.1) is 0 Å². The number of hydrogen-bond donors (Lipinski definition) is 1. The lowest BCUT2D eigenvalue weighted by atomic mass is 9.90. The van der Waals surface area contributed by atoms with Crippen LogP contribution in [0.3, 0.4) is 0 Å². The van der Waals surface area contributed by atoms with Crippen LogP contribution in [0.5, 0.6) is 0 Å². The van der Waals surface area contributed by atoms with Gasteiger partial charge in [0.15, 0.2) is 4.91 Å². The van der Waals surface area contributed by atoms with Crippen LogP contribution >= 0.6 is 0 Å². The van der Waals surface area contributed by atoms with E-state index in [0.717, 1.165) is 12.8 Å². The molecular formula is C20H26N2O4S. The number of likely N-dealkylation sites (tertiary alicyclic amines) is 1. The van der Waals surface area contributed by atoms with Gasteiger partial charge in [-0.05, 0) is 32.1 Å². The molecule has 0 saturated carbocycles. The molecule has 1 fully saturated rings. The highest BCUT2D eigenvalue weighted by Crippen LogP contribution is 2.33. The molecule has 1 heterocycles. The molecule has 7 heteroatoms. The number of nitrogens with zero attached hydrogens (tertiary/aromatic N) is 1. The van der Waals surface area contributed by atoms with E-state index in [1.165, 1.54) is 6.07 Å². The molecule has 1 atom stereocenters. The number of nitrogens with one attached hydrogen (secondary N) is 1. The van der Waals surface area contributed by atoms with Crippen molar-refractivity contribution in [2.75, 3.05) is 13.1 Å². The van der Waals surface area contributed by atoms with Crippen LogP contribution in [0.25, 0.3) is 0 Å². The van der Waals surface area contributed by atoms with Crippen LogP contribution < -0.4 is 4.72 Å². The van der Waals surface area contributed by atoms with Gasteiger partial charge in [-0.1, -0.05) is 38.1 Å². The van der Waals surface area contributed by atoms with E-state index < -0.39 is 20.7 Å². The van der Waals surface area contributed by atoms with Crippen LogP contribution in [0.2, 0.25) is 0 Å². The van der Waals surface area contributed by atoms with E-state index in [1.54, 1.807) is 30.0 Å². The number of carbonyl (C=O) groups excluding carboxylic acids is 2. The number of sulfonamides is 1. The first-order valence-electron chi connectivity index (χ1n) is 9.46. The molecule has 3 rings (SSSR count). The fourth-order valence-corrected chi connectivity index (χ4v) is 5.16. The smallest absolute Gasteiger partial charge is 0.246 e. The molecule has 146 valence electrons. The van der Waals surface area contributed by atoms with Crippen LogP contribution in [0.15, 0.2) is 34.9 Å². The third-order valence-electron chi connectivity index (χ3n) is 5.39. The van der Waals surface area contributed by atoms with Crippen LogP contribution in [0, 0.1) is 5.92 Å².